The Morgan fingerprint density at radius 3 is 2.50 bits per heavy atom. The molecule has 1 atom stereocenters. The summed E-state index contributed by atoms with van der Waals surface area (Å²) < 4.78 is 0.427. The van der Waals surface area contributed by atoms with Crippen LogP contribution in [0.5, 0.6) is 5.75 Å². The summed E-state index contributed by atoms with van der Waals surface area (Å²) in [6.07, 6.45) is 0. The van der Waals surface area contributed by atoms with Crippen molar-refractivity contribution in [1.82, 2.24) is 0 Å². The Labute approximate surface area is 121 Å². The van der Waals surface area contributed by atoms with Gasteiger partial charge in [0.2, 0.25) is 0 Å². The van der Waals surface area contributed by atoms with E-state index in [-0.39, 0.29) is 24.8 Å². The Hall–Kier alpha value is -0.800. The Bertz CT molecular complexity index is 472. The molecule has 0 aliphatic rings. The molecule has 0 radical (unpaired) electrons. The van der Waals surface area contributed by atoms with E-state index in [2.05, 4.69) is 15.9 Å². The molecule has 0 unspecified atom stereocenters. The lowest BCUT2D eigenvalue weighted by molar-refractivity contribution is 0.131. The van der Waals surface area contributed by atoms with Crippen molar-refractivity contribution in [3.63, 3.8) is 0 Å². The molecule has 0 fully saturated rings. The SMILES string of the molecule is CC(C)(CO)[C@H](N)c1cc(C#N)cc(Br)c1O.Cl. The van der Waals surface area contributed by atoms with Crippen LogP contribution >= 0.6 is 28.3 Å². The number of nitrogens with zero attached hydrogens (tertiary/aromatic N) is 1. The van der Waals surface area contributed by atoms with Gasteiger partial charge in [-0.3, -0.25) is 0 Å². The molecule has 0 bridgehead atoms. The first-order chi connectivity index (χ1) is 7.83. The first kappa shape index (κ1) is 17.2. The smallest absolute Gasteiger partial charge is 0.134 e. The van der Waals surface area contributed by atoms with Crippen molar-refractivity contribution in [2.75, 3.05) is 6.61 Å². The van der Waals surface area contributed by atoms with Crippen LogP contribution in [0.25, 0.3) is 0 Å². The molecule has 0 amide bonds. The van der Waals surface area contributed by atoms with Crippen LogP contribution in [-0.4, -0.2) is 16.8 Å². The topological polar surface area (TPSA) is 90.3 Å². The molecule has 0 saturated carbocycles. The molecule has 0 spiro atoms. The fourth-order valence-electron chi connectivity index (χ4n) is 1.44. The maximum absolute atomic E-state index is 9.93. The number of rotatable bonds is 3. The van der Waals surface area contributed by atoms with Crippen molar-refractivity contribution in [3.8, 4) is 11.8 Å². The molecular weight excluding hydrogens is 320 g/mol. The van der Waals surface area contributed by atoms with Crippen LogP contribution in [0, 0.1) is 16.7 Å². The predicted molar refractivity (Wildman–Crippen MR) is 75.6 cm³/mol. The summed E-state index contributed by atoms with van der Waals surface area (Å²) in [4.78, 5) is 0. The lowest BCUT2D eigenvalue weighted by atomic mass is 9.81. The van der Waals surface area contributed by atoms with Gasteiger partial charge >= 0.3 is 0 Å². The molecular formula is C12H16BrClN2O2. The average Bonchev–Trinajstić information content (AvgIpc) is 2.31. The van der Waals surface area contributed by atoms with E-state index in [1.54, 1.807) is 19.9 Å². The largest absolute Gasteiger partial charge is 0.506 e. The quantitative estimate of drug-likeness (QED) is 0.791. The summed E-state index contributed by atoms with van der Waals surface area (Å²) in [6, 6.07) is 4.51. The third-order valence-electron chi connectivity index (χ3n) is 2.81. The first-order valence-corrected chi connectivity index (χ1v) is 5.91. The lowest BCUT2D eigenvalue weighted by Gasteiger charge is -2.30. The van der Waals surface area contributed by atoms with Crippen molar-refractivity contribution in [2.24, 2.45) is 11.1 Å². The highest BCUT2D eigenvalue weighted by molar-refractivity contribution is 9.10. The maximum Gasteiger partial charge on any atom is 0.134 e. The summed E-state index contributed by atoms with van der Waals surface area (Å²) in [5, 5.41) is 28.1. The number of hydrogen-bond donors (Lipinski definition) is 3. The maximum atomic E-state index is 9.93. The molecule has 4 nitrogen and oxygen atoms in total. The monoisotopic (exact) mass is 334 g/mol. The highest BCUT2D eigenvalue weighted by Gasteiger charge is 2.29. The van der Waals surface area contributed by atoms with Gasteiger partial charge in [0.1, 0.15) is 5.75 Å². The van der Waals surface area contributed by atoms with Crippen LogP contribution < -0.4 is 5.73 Å². The number of aromatic hydroxyl groups is 1. The van der Waals surface area contributed by atoms with E-state index in [1.807, 2.05) is 6.07 Å². The molecule has 4 N–H and O–H groups in total. The van der Waals surface area contributed by atoms with E-state index in [0.717, 1.165) is 0 Å². The molecule has 0 saturated heterocycles. The minimum Gasteiger partial charge on any atom is -0.506 e. The predicted octanol–water partition coefficient (Wildman–Crippen LogP) is 2.47. The molecule has 100 valence electrons. The van der Waals surface area contributed by atoms with Crippen LogP contribution in [0.2, 0.25) is 0 Å². The van der Waals surface area contributed by atoms with Gasteiger partial charge in [-0.05, 0) is 28.1 Å². The van der Waals surface area contributed by atoms with Crippen LogP contribution in [-0.2, 0) is 0 Å². The van der Waals surface area contributed by atoms with E-state index >= 15 is 0 Å². The van der Waals surface area contributed by atoms with Crippen LogP contribution in [0.1, 0.15) is 31.0 Å². The minimum absolute atomic E-state index is 0. The summed E-state index contributed by atoms with van der Waals surface area (Å²) in [5.74, 6) is 0.0121. The van der Waals surface area contributed by atoms with Crippen LogP contribution in [0.15, 0.2) is 16.6 Å². The number of phenolic OH excluding ortho intramolecular Hbond substituents is 1. The molecule has 0 heterocycles. The summed E-state index contributed by atoms with van der Waals surface area (Å²) in [5.41, 5.74) is 6.31. The standard InChI is InChI=1S/C12H15BrN2O2.ClH/c1-12(2,6-16)11(15)8-3-7(5-14)4-9(13)10(8)17;/h3-4,11,16-17H,6,15H2,1-2H3;1H/t11-;/m1./s1. The van der Waals surface area contributed by atoms with Crippen LogP contribution in [0.4, 0.5) is 0 Å². The zero-order valence-electron chi connectivity index (χ0n) is 10.1. The van der Waals surface area contributed by atoms with E-state index in [9.17, 15) is 10.2 Å². The number of nitrogens with two attached hydrogens (primary N) is 1. The zero-order valence-corrected chi connectivity index (χ0v) is 12.5. The van der Waals surface area contributed by atoms with Crippen molar-refractivity contribution in [2.45, 2.75) is 19.9 Å². The van der Waals surface area contributed by atoms with Gasteiger partial charge in [0, 0.05) is 23.6 Å². The molecule has 6 heteroatoms. The fourth-order valence-corrected chi connectivity index (χ4v) is 1.92. The second kappa shape index (κ2) is 6.39. The van der Waals surface area contributed by atoms with E-state index in [4.69, 9.17) is 11.0 Å². The first-order valence-electron chi connectivity index (χ1n) is 5.12. The van der Waals surface area contributed by atoms with Crippen molar-refractivity contribution < 1.29 is 10.2 Å². The molecule has 1 rings (SSSR count). The third kappa shape index (κ3) is 3.36. The number of aliphatic hydroxyl groups is 1. The van der Waals surface area contributed by atoms with Crippen molar-refractivity contribution in [1.29, 1.82) is 5.26 Å². The Balaban J connectivity index is 0.00000289. The second-order valence-electron chi connectivity index (χ2n) is 4.63. The highest BCUT2D eigenvalue weighted by Crippen LogP contribution is 2.39. The molecule has 18 heavy (non-hydrogen) atoms. The van der Waals surface area contributed by atoms with Crippen molar-refractivity contribution in [3.05, 3.63) is 27.7 Å². The number of aliphatic hydroxyl groups excluding tert-OH is 1. The summed E-state index contributed by atoms with van der Waals surface area (Å²) >= 11 is 3.18. The summed E-state index contributed by atoms with van der Waals surface area (Å²) in [6.45, 7) is 3.48. The number of phenols is 1. The van der Waals surface area contributed by atoms with Gasteiger partial charge in [0.25, 0.3) is 0 Å². The van der Waals surface area contributed by atoms with Gasteiger partial charge in [-0.25, -0.2) is 0 Å². The van der Waals surface area contributed by atoms with Crippen molar-refractivity contribution >= 4 is 28.3 Å². The average molecular weight is 336 g/mol. The molecule has 1 aromatic rings. The van der Waals surface area contributed by atoms with Gasteiger partial charge in [0.05, 0.1) is 16.1 Å². The fraction of sp³-hybridized carbons (Fsp3) is 0.417. The Morgan fingerprint density at radius 1 is 1.50 bits per heavy atom. The zero-order chi connectivity index (χ0) is 13.2. The van der Waals surface area contributed by atoms with E-state index in [1.165, 1.54) is 6.07 Å². The van der Waals surface area contributed by atoms with Gasteiger partial charge in [-0.15, -0.1) is 12.4 Å². The van der Waals surface area contributed by atoms with Crippen LogP contribution in [0.3, 0.4) is 0 Å². The molecule has 0 aliphatic carbocycles. The minimum atomic E-state index is -0.578. The van der Waals surface area contributed by atoms with Gasteiger partial charge in [-0.1, -0.05) is 13.8 Å². The number of benzene rings is 1. The Morgan fingerprint density at radius 2 is 2.06 bits per heavy atom. The number of hydrogen-bond acceptors (Lipinski definition) is 4. The third-order valence-corrected chi connectivity index (χ3v) is 3.41. The van der Waals surface area contributed by atoms with E-state index < -0.39 is 11.5 Å². The summed E-state index contributed by atoms with van der Waals surface area (Å²) in [7, 11) is 0. The lowest BCUT2D eigenvalue weighted by Crippen LogP contribution is -2.32. The molecule has 0 aromatic heterocycles. The van der Waals surface area contributed by atoms with Gasteiger partial charge < -0.3 is 15.9 Å². The normalized spacial score (nSPS) is 12.4. The second-order valence-corrected chi connectivity index (χ2v) is 5.49. The van der Waals surface area contributed by atoms with E-state index in [0.29, 0.717) is 15.6 Å². The molecule has 0 aliphatic heterocycles. The highest BCUT2D eigenvalue weighted by atomic mass is 79.9. The van der Waals surface area contributed by atoms with Gasteiger partial charge in [-0.2, -0.15) is 5.26 Å². The number of nitriles is 1. The number of halogens is 2. The van der Waals surface area contributed by atoms with Gasteiger partial charge in [0.15, 0.2) is 0 Å². The Kier molecular flexibility index (Phi) is 6.11. The molecule has 1 aromatic carbocycles.